The van der Waals surface area contributed by atoms with E-state index in [0.717, 1.165) is 23.3 Å². The smallest absolute Gasteiger partial charge is 0.326 e. The van der Waals surface area contributed by atoms with Crippen LogP contribution in [0.4, 0.5) is 0 Å². The van der Waals surface area contributed by atoms with Crippen LogP contribution in [0.3, 0.4) is 0 Å². The number of hydrogen-bond donors (Lipinski definition) is 2. The van der Waals surface area contributed by atoms with E-state index in [2.05, 4.69) is 10.3 Å². The Hall–Kier alpha value is -2.21. The number of carbonyl (C=O) groups is 2. The number of carbonyl (C=O) groups excluding carboxylic acids is 1. The van der Waals surface area contributed by atoms with Crippen molar-refractivity contribution in [2.24, 2.45) is 0 Å². The first kappa shape index (κ1) is 16.2. The largest absolute Gasteiger partial charge is 0.480 e. The summed E-state index contributed by atoms with van der Waals surface area (Å²) in [5, 5.41) is 11.8. The molecule has 22 heavy (non-hydrogen) atoms. The molecule has 116 valence electrons. The van der Waals surface area contributed by atoms with Crippen LogP contribution in [-0.2, 0) is 4.79 Å². The number of nitrogens with one attached hydrogen (secondary N) is 1. The number of nitrogens with zero attached hydrogens (tertiary/aromatic N) is 1. The van der Waals surface area contributed by atoms with Crippen LogP contribution in [0.15, 0.2) is 35.8 Å². The molecule has 1 unspecified atom stereocenters. The molecular weight excluding hydrogens is 300 g/mol. The van der Waals surface area contributed by atoms with E-state index in [9.17, 15) is 14.7 Å². The van der Waals surface area contributed by atoms with Crippen LogP contribution in [-0.4, -0.2) is 28.0 Å². The van der Waals surface area contributed by atoms with E-state index in [4.69, 9.17) is 0 Å². The molecule has 0 aliphatic rings. The molecule has 5 nitrogen and oxygen atoms in total. The molecule has 1 atom stereocenters. The van der Waals surface area contributed by atoms with Gasteiger partial charge in [0.05, 0.1) is 10.4 Å². The molecule has 0 saturated carbocycles. The zero-order valence-corrected chi connectivity index (χ0v) is 13.1. The van der Waals surface area contributed by atoms with E-state index >= 15 is 0 Å². The highest BCUT2D eigenvalue weighted by molar-refractivity contribution is 7.13. The molecule has 6 heteroatoms. The van der Waals surface area contributed by atoms with Gasteiger partial charge in [0.15, 0.2) is 0 Å². The number of aliphatic carboxylic acids is 1. The number of thiazole rings is 1. The van der Waals surface area contributed by atoms with Crippen molar-refractivity contribution in [1.82, 2.24) is 10.3 Å². The molecule has 0 radical (unpaired) electrons. The van der Waals surface area contributed by atoms with Gasteiger partial charge in [0.2, 0.25) is 0 Å². The van der Waals surface area contributed by atoms with Gasteiger partial charge in [-0.25, -0.2) is 9.78 Å². The normalized spacial score (nSPS) is 11.9. The molecule has 0 fully saturated rings. The lowest BCUT2D eigenvalue weighted by molar-refractivity contribution is -0.139. The number of aromatic nitrogens is 1. The molecule has 1 aromatic heterocycles. The van der Waals surface area contributed by atoms with Crippen molar-refractivity contribution in [3.8, 4) is 10.4 Å². The Kier molecular flexibility index (Phi) is 5.66. The second kappa shape index (κ2) is 7.70. The fourth-order valence-electron chi connectivity index (χ4n) is 2.09. The highest BCUT2D eigenvalue weighted by atomic mass is 32.1. The Bertz CT molecular complexity index is 640. The summed E-state index contributed by atoms with van der Waals surface area (Å²) in [5.41, 5.74) is 2.77. The lowest BCUT2D eigenvalue weighted by atomic mass is 10.1. The van der Waals surface area contributed by atoms with Crippen molar-refractivity contribution in [1.29, 1.82) is 0 Å². The van der Waals surface area contributed by atoms with Gasteiger partial charge in [0, 0.05) is 0 Å². The molecule has 0 bridgehead atoms. The van der Waals surface area contributed by atoms with Crippen molar-refractivity contribution in [3.05, 3.63) is 41.5 Å². The zero-order valence-electron chi connectivity index (χ0n) is 12.3. The fourth-order valence-corrected chi connectivity index (χ4v) is 2.89. The van der Waals surface area contributed by atoms with Crippen LogP contribution in [0.1, 0.15) is 36.7 Å². The van der Waals surface area contributed by atoms with E-state index in [-0.39, 0.29) is 5.69 Å². The van der Waals surface area contributed by atoms with Crippen LogP contribution in [0.2, 0.25) is 0 Å². The van der Waals surface area contributed by atoms with Crippen LogP contribution < -0.4 is 5.32 Å². The van der Waals surface area contributed by atoms with Crippen LogP contribution in [0, 0.1) is 0 Å². The Morgan fingerprint density at radius 1 is 1.32 bits per heavy atom. The Balaban J connectivity index is 2.16. The number of unbranched alkanes of at least 4 members (excludes halogenated alkanes) is 1. The van der Waals surface area contributed by atoms with Gasteiger partial charge in [0.1, 0.15) is 11.7 Å². The van der Waals surface area contributed by atoms with E-state index in [1.54, 1.807) is 5.51 Å². The third-order valence-corrected chi connectivity index (χ3v) is 4.14. The lowest BCUT2D eigenvalue weighted by Crippen LogP contribution is -2.41. The number of carboxylic acids is 1. The third-order valence-electron chi connectivity index (χ3n) is 3.27. The SMILES string of the molecule is CCCCC(NC(=O)c1ncsc1-c1ccccc1)C(=O)O. The monoisotopic (exact) mass is 318 g/mol. The minimum Gasteiger partial charge on any atom is -0.480 e. The van der Waals surface area contributed by atoms with Crippen molar-refractivity contribution in [2.75, 3.05) is 0 Å². The van der Waals surface area contributed by atoms with E-state index in [1.807, 2.05) is 37.3 Å². The van der Waals surface area contributed by atoms with Gasteiger partial charge < -0.3 is 10.4 Å². The van der Waals surface area contributed by atoms with Crippen molar-refractivity contribution in [2.45, 2.75) is 32.2 Å². The van der Waals surface area contributed by atoms with E-state index in [0.29, 0.717) is 6.42 Å². The molecule has 0 aliphatic heterocycles. The van der Waals surface area contributed by atoms with Gasteiger partial charge in [0.25, 0.3) is 5.91 Å². The number of carboxylic acid groups (broad SMARTS) is 1. The summed E-state index contributed by atoms with van der Waals surface area (Å²) in [5.74, 6) is -1.46. The van der Waals surface area contributed by atoms with Crippen molar-refractivity contribution < 1.29 is 14.7 Å². The Morgan fingerprint density at radius 3 is 2.68 bits per heavy atom. The molecule has 1 aromatic carbocycles. The Labute approximate surface area is 133 Å². The lowest BCUT2D eigenvalue weighted by Gasteiger charge is -2.13. The average Bonchev–Trinajstić information content (AvgIpc) is 3.01. The van der Waals surface area contributed by atoms with Crippen molar-refractivity contribution >= 4 is 23.2 Å². The number of amides is 1. The molecule has 2 rings (SSSR count). The first-order chi connectivity index (χ1) is 10.6. The summed E-state index contributed by atoms with van der Waals surface area (Å²) in [4.78, 5) is 28.4. The zero-order chi connectivity index (χ0) is 15.9. The number of hydrogen-bond acceptors (Lipinski definition) is 4. The van der Waals surface area contributed by atoms with E-state index in [1.165, 1.54) is 11.3 Å². The standard InChI is InChI=1S/C16H18N2O3S/c1-2-3-9-12(16(20)21)18-15(19)13-14(22-10-17-13)11-7-5-4-6-8-11/h4-8,10,12H,2-3,9H2,1H3,(H,18,19)(H,20,21). The molecule has 0 aliphatic carbocycles. The first-order valence-electron chi connectivity index (χ1n) is 7.16. The van der Waals surface area contributed by atoms with Gasteiger partial charge in [-0.2, -0.15) is 0 Å². The Morgan fingerprint density at radius 2 is 2.05 bits per heavy atom. The second-order valence-electron chi connectivity index (χ2n) is 4.90. The number of rotatable bonds is 7. The molecule has 2 N–H and O–H groups in total. The molecule has 0 saturated heterocycles. The molecule has 0 spiro atoms. The number of benzene rings is 1. The average molecular weight is 318 g/mol. The maximum atomic E-state index is 12.3. The fraction of sp³-hybridized carbons (Fsp3) is 0.312. The topological polar surface area (TPSA) is 79.3 Å². The highest BCUT2D eigenvalue weighted by Gasteiger charge is 2.23. The highest BCUT2D eigenvalue weighted by Crippen LogP contribution is 2.27. The van der Waals surface area contributed by atoms with Gasteiger partial charge in [-0.1, -0.05) is 50.1 Å². The first-order valence-corrected chi connectivity index (χ1v) is 8.04. The molecular formula is C16H18N2O3S. The van der Waals surface area contributed by atoms with Gasteiger partial charge >= 0.3 is 5.97 Å². The summed E-state index contributed by atoms with van der Waals surface area (Å²) in [6.07, 6.45) is 2.05. The van der Waals surface area contributed by atoms with Gasteiger partial charge in [-0.15, -0.1) is 11.3 Å². The predicted octanol–water partition coefficient (Wildman–Crippen LogP) is 3.18. The summed E-state index contributed by atoms with van der Waals surface area (Å²) in [6.45, 7) is 1.98. The van der Waals surface area contributed by atoms with Gasteiger partial charge in [-0.05, 0) is 12.0 Å². The van der Waals surface area contributed by atoms with Crippen LogP contribution >= 0.6 is 11.3 Å². The quantitative estimate of drug-likeness (QED) is 0.821. The van der Waals surface area contributed by atoms with Gasteiger partial charge in [-0.3, -0.25) is 4.79 Å². The maximum Gasteiger partial charge on any atom is 0.326 e. The van der Waals surface area contributed by atoms with Crippen LogP contribution in [0.5, 0.6) is 0 Å². The predicted molar refractivity (Wildman–Crippen MR) is 86.0 cm³/mol. The maximum absolute atomic E-state index is 12.3. The second-order valence-corrected chi connectivity index (χ2v) is 5.76. The minimum absolute atomic E-state index is 0.277. The molecule has 2 aromatic rings. The molecule has 1 amide bonds. The molecule has 1 heterocycles. The minimum atomic E-state index is -1.02. The van der Waals surface area contributed by atoms with Crippen LogP contribution in [0.25, 0.3) is 10.4 Å². The summed E-state index contributed by atoms with van der Waals surface area (Å²) in [6, 6.07) is 8.59. The van der Waals surface area contributed by atoms with Crippen molar-refractivity contribution in [3.63, 3.8) is 0 Å². The summed E-state index contributed by atoms with van der Waals surface area (Å²) >= 11 is 1.36. The summed E-state index contributed by atoms with van der Waals surface area (Å²) in [7, 11) is 0. The summed E-state index contributed by atoms with van der Waals surface area (Å²) < 4.78 is 0. The van der Waals surface area contributed by atoms with E-state index < -0.39 is 17.9 Å². The third kappa shape index (κ3) is 3.92.